The number of fused-ring (bicyclic) bond motifs is 1. The second-order valence-electron chi connectivity index (χ2n) is 7.56. The van der Waals surface area contributed by atoms with Gasteiger partial charge in [0, 0.05) is 38.8 Å². The first-order chi connectivity index (χ1) is 12.7. The molecular weight excluding hydrogens is 451 g/mol. The van der Waals surface area contributed by atoms with Crippen LogP contribution in [0.5, 0.6) is 0 Å². The van der Waals surface area contributed by atoms with Gasteiger partial charge in [-0.3, -0.25) is 9.89 Å². The third-order valence-corrected chi connectivity index (χ3v) is 5.49. The Labute approximate surface area is 181 Å². The number of halogens is 1. The van der Waals surface area contributed by atoms with Gasteiger partial charge in [0.05, 0.1) is 6.10 Å². The van der Waals surface area contributed by atoms with Crippen molar-refractivity contribution in [3.05, 3.63) is 35.4 Å². The zero-order valence-electron chi connectivity index (χ0n) is 16.5. The molecule has 1 aliphatic heterocycles. The number of benzene rings is 1. The molecule has 0 unspecified atom stereocenters. The fourth-order valence-corrected chi connectivity index (χ4v) is 3.96. The van der Waals surface area contributed by atoms with Crippen LogP contribution in [0.3, 0.4) is 0 Å². The monoisotopic (exact) mass is 486 g/mol. The highest BCUT2D eigenvalue weighted by molar-refractivity contribution is 14.0. The first-order valence-corrected chi connectivity index (χ1v) is 10.3. The summed E-state index contributed by atoms with van der Waals surface area (Å²) in [4.78, 5) is 7.30. The molecule has 27 heavy (non-hydrogen) atoms. The van der Waals surface area contributed by atoms with E-state index >= 15 is 0 Å². The lowest BCUT2D eigenvalue weighted by Crippen LogP contribution is -2.45. The molecule has 0 radical (unpaired) electrons. The lowest BCUT2D eigenvalue weighted by atomic mass is 9.93. The summed E-state index contributed by atoms with van der Waals surface area (Å²) in [6.45, 7) is 7.17. The van der Waals surface area contributed by atoms with Crippen LogP contribution < -0.4 is 10.6 Å². The van der Waals surface area contributed by atoms with Gasteiger partial charge in [-0.1, -0.05) is 24.3 Å². The molecule has 0 amide bonds. The highest BCUT2D eigenvalue weighted by Crippen LogP contribution is 2.19. The van der Waals surface area contributed by atoms with Crippen molar-refractivity contribution in [1.29, 1.82) is 0 Å². The lowest BCUT2D eigenvalue weighted by Gasteiger charge is -2.29. The first kappa shape index (κ1) is 22.4. The summed E-state index contributed by atoms with van der Waals surface area (Å²) >= 11 is 0. The number of nitrogens with zero attached hydrogens (tertiary/aromatic N) is 2. The summed E-state index contributed by atoms with van der Waals surface area (Å²) in [7, 11) is 0. The molecule has 3 rings (SSSR count). The van der Waals surface area contributed by atoms with Crippen molar-refractivity contribution in [2.24, 2.45) is 4.99 Å². The van der Waals surface area contributed by atoms with E-state index in [1.807, 2.05) is 0 Å². The Kier molecular flexibility index (Phi) is 9.86. The van der Waals surface area contributed by atoms with E-state index in [-0.39, 0.29) is 30.1 Å². The first-order valence-electron chi connectivity index (χ1n) is 10.3. The molecule has 152 valence electrons. The molecule has 0 aromatic heterocycles. The van der Waals surface area contributed by atoms with Crippen LogP contribution in [0.1, 0.15) is 50.2 Å². The van der Waals surface area contributed by atoms with Crippen LogP contribution in [0.2, 0.25) is 0 Å². The molecule has 6 heteroatoms. The predicted molar refractivity (Wildman–Crippen MR) is 123 cm³/mol. The topological polar surface area (TPSA) is 59.9 Å². The van der Waals surface area contributed by atoms with Gasteiger partial charge in [-0.2, -0.15) is 0 Å². The third-order valence-electron chi connectivity index (χ3n) is 5.49. The van der Waals surface area contributed by atoms with E-state index < -0.39 is 0 Å². The minimum Gasteiger partial charge on any atom is -0.393 e. The summed E-state index contributed by atoms with van der Waals surface area (Å²) in [6.07, 6.45) is 5.99. The van der Waals surface area contributed by atoms with Gasteiger partial charge >= 0.3 is 0 Å². The van der Waals surface area contributed by atoms with Crippen molar-refractivity contribution in [1.82, 2.24) is 15.5 Å². The minimum atomic E-state index is -0.109. The molecule has 1 saturated carbocycles. The zero-order valence-corrected chi connectivity index (χ0v) is 18.8. The Hall–Kier alpha value is -0.860. The average molecular weight is 486 g/mol. The van der Waals surface area contributed by atoms with E-state index in [1.54, 1.807) is 0 Å². The molecule has 2 aliphatic rings. The predicted octanol–water partition coefficient (Wildman–Crippen LogP) is 2.91. The molecule has 5 nitrogen and oxygen atoms in total. The van der Waals surface area contributed by atoms with E-state index in [9.17, 15) is 5.11 Å². The van der Waals surface area contributed by atoms with Gasteiger partial charge in [0.2, 0.25) is 0 Å². The highest BCUT2D eigenvalue weighted by Gasteiger charge is 2.20. The van der Waals surface area contributed by atoms with Crippen LogP contribution in [0.4, 0.5) is 0 Å². The Morgan fingerprint density at radius 1 is 1.19 bits per heavy atom. The number of hydrogen-bond donors (Lipinski definition) is 3. The average Bonchev–Trinajstić information content (AvgIpc) is 2.67. The molecule has 0 bridgehead atoms. The maximum Gasteiger partial charge on any atom is 0.191 e. The molecule has 1 heterocycles. The summed E-state index contributed by atoms with van der Waals surface area (Å²) in [5, 5.41) is 16.5. The van der Waals surface area contributed by atoms with Crippen LogP contribution in [-0.4, -0.2) is 54.3 Å². The number of aliphatic imine (C=N–C) groups is 1. The van der Waals surface area contributed by atoms with Crippen LogP contribution in [0.25, 0.3) is 0 Å². The van der Waals surface area contributed by atoms with Crippen LogP contribution in [-0.2, 0) is 13.0 Å². The fraction of sp³-hybridized carbons (Fsp3) is 0.667. The zero-order chi connectivity index (χ0) is 18.2. The molecule has 0 spiro atoms. The number of guanidine groups is 1. The normalized spacial score (nSPS) is 23.3. The van der Waals surface area contributed by atoms with E-state index in [0.717, 1.165) is 77.2 Å². The maximum absolute atomic E-state index is 9.64. The van der Waals surface area contributed by atoms with Gasteiger partial charge in [-0.05, 0) is 56.6 Å². The lowest BCUT2D eigenvalue weighted by molar-refractivity contribution is 0.120. The standard InChI is InChI=1S/C21H34N4O.HI/c1-2-22-21(24-19-8-10-20(26)11-9-19)23-13-5-14-25-15-12-17-6-3-4-7-18(17)16-25;/h3-4,6-7,19-20,26H,2,5,8-16H2,1H3,(H2,22,23,24);1H. The second-order valence-corrected chi connectivity index (χ2v) is 7.56. The molecular formula is C21H35IN4O. The fourth-order valence-electron chi connectivity index (χ4n) is 3.96. The molecule has 1 aromatic carbocycles. The Bertz CT molecular complexity index is 587. The van der Waals surface area contributed by atoms with E-state index in [1.165, 1.54) is 11.1 Å². The van der Waals surface area contributed by atoms with Crippen molar-refractivity contribution in [3.8, 4) is 0 Å². The smallest absolute Gasteiger partial charge is 0.191 e. The number of hydrogen-bond acceptors (Lipinski definition) is 3. The molecule has 1 aromatic rings. The highest BCUT2D eigenvalue weighted by atomic mass is 127. The van der Waals surface area contributed by atoms with E-state index in [2.05, 4.69) is 46.7 Å². The molecule has 3 N–H and O–H groups in total. The summed E-state index contributed by atoms with van der Waals surface area (Å²) in [5.41, 5.74) is 3.00. The third kappa shape index (κ3) is 7.23. The van der Waals surface area contributed by atoms with E-state index in [4.69, 9.17) is 4.99 Å². The number of nitrogens with one attached hydrogen (secondary N) is 2. The van der Waals surface area contributed by atoms with Gasteiger partial charge in [-0.15, -0.1) is 24.0 Å². The maximum atomic E-state index is 9.64. The minimum absolute atomic E-state index is 0. The molecule has 0 atom stereocenters. The van der Waals surface area contributed by atoms with Crippen molar-refractivity contribution in [2.45, 2.75) is 64.1 Å². The Morgan fingerprint density at radius 3 is 2.67 bits per heavy atom. The number of aliphatic hydroxyl groups is 1. The van der Waals surface area contributed by atoms with Gasteiger partial charge in [0.1, 0.15) is 0 Å². The SMILES string of the molecule is CCNC(=NCCCN1CCc2ccccc2C1)NC1CCC(O)CC1.I. The Balaban J connectivity index is 0.00000261. The summed E-state index contributed by atoms with van der Waals surface area (Å²) < 4.78 is 0. The number of rotatable bonds is 6. The number of aliphatic hydroxyl groups excluding tert-OH is 1. The summed E-state index contributed by atoms with van der Waals surface area (Å²) in [6, 6.07) is 9.25. The van der Waals surface area contributed by atoms with Gasteiger partial charge in [-0.25, -0.2) is 0 Å². The van der Waals surface area contributed by atoms with Crippen LogP contribution in [0, 0.1) is 0 Å². The van der Waals surface area contributed by atoms with Crippen molar-refractivity contribution >= 4 is 29.9 Å². The second kappa shape index (κ2) is 11.9. The quantitative estimate of drug-likeness (QED) is 0.251. The Morgan fingerprint density at radius 2 is 1.93 bits per heavy atom. The van der Waals surface area contributed by atoms with Gasteiger partial charge in [0.15, 0.2) is 5.96 Å². The van der Waals surface area contributed by atoms with Crippen molar-refractivity contribution in [2.75, 3.05) is 26.2 Å². The largest absolute Gasteiger partial charge is 0.393 e. The van der Waals surface area contributed by atoms with Crippen LogP contribution in [0.15, 0.2) is 29.3 Å². The molecule has 1 aliphatic carbocycles. The van der Waals surface area contributed by atoms with Gasteiger partial charge in [0.25, 0.3) is 0 Å². The van der Waals surface area contributed by atoms with Crippen LogP contribution >= 0.6 is 24.0 Å². The van der Waals surface area contributed by atoms with Crippen molar-refractivity contribution < 1.29 is 5.11 Å². The summed E-state index contributed by atoms with van der Waals surface area (Å²) in [5.74, 6) is 0.929. The van der Waals surface area contributed by atoms with Gasteiger partial charge < -0.3 is 15.7 Å². The van der Waals surface area contributed by atoms with E-state index in [0.29, 0.717) is 6.04 Å². The van der Waals surface area contributed by atoms with Crippen molar-refractivity contribution in [3.63, 3.8) is 0 Å². The molecule has 0 saturated heterocycles. The molecule has 1 fully saturated rings.